The van der Waals surface area contributed by atoms with Crippen molar-refractivity contribution < 1.29 is 9.59 Å². The maximum absolute atomic E-state index is 12.4. The summed E-state index contributed by atoms with van der Waals surface area (Å²) in [6.07, 6.45) is 4.86. The van der Waals surface area contributed by atoms with Crippen LogP contribution in [0.25, 0.3) is 0 Å². The summed E-state index contributed by atoms with van der Waals surface area (Å²) in [5, 5.41) is 0. The zero-order valence-electron chi connectivity index (χ0n) is 11.6. The molecule has 2 unspecified atom stereocenters. The first-order chi connectivity index (χ1) is 10.0. The standard InChI is InChI=1S/C15H17BrN2O3/c16-10-1-4-14(20)17(9-10)6-5-15(21)18-11-2-3-12(18)8-13(19)7-11/h1,4,9,11-12H,2-3,5-8H2. The number of halogens is 1. The molecule has 1 aromatic rings. The average molecular weight is 353 g/mol. The molecule has 0 N–H and O–H groups in total. The monoisotopic (exact) mass is 352 g/mol. The number of nitrogens with zero attached hydrogens (tertiary/aromatic N) is 2. The highest BCUT2D eigenvalue weighted by atomic mass is 79.9. The van der Waals surface area contributed by atoms with Crippen LogP contribution in [0.5, 0.6) is 0 Å². The molecule has 1 amide bonds. The van der Waals surface area contributed by atoms with Gasteiger partial charge in [-0.25, -0.2) is 0 Å². The summed E-state index contributed by atoms with van der Waals surface area (Å²) >= 11 is 3.32. The predicted octanol–water partition coefficient (Wildman–Crippen LogP) is 1.72. The van der Waals surface area contributed by atoms with Crippen LogP contribution in [0.15, 0.2) is 27.6 Å². The van der Waals surface area contributed by atoms with Crippen molar-refractivity contribution in [2.75, 3.05) is 0 Å². The summed E-state index contributed by atoms with van der Waals surface area (Å²) in [5.41, 5.74) is -0.109. The number of hydrogen-bond acceptors (Lipinski definition) is 3. The number of fused-ring (bicyclic) bond motifs is 2. The first-order valence-electron chi connectivity index (χ1n) is 7.23. The lowest BCUT2D eigenvalue weighted by Gasteiger charge is -2.34. The molecule has 2 aliphatic rings. The quantitative estimate of drug-likeness (QED) is 0.832. The summed E-state index contributed by atoms with van der Waals surface area (Å²) in [6.45, 7) is 0.376. The van der Waals surface area contributed by atoms with Crippen LogP contribution in [-0.2, 0) is 16.1 Å². The number of hydrogen-bond donors (Lipinski definition) is 0. The largest absolute Gasteiger partial charge is 0.336 e. The van der Waals surface area contributed by atoms with Gasteiger partial charge in [0.05, 0.1) is 0 Å². The van der Waals surface area contributed by atoms with Crippen molar-refractivity contribution in [3.63, 3.8) is 0 Å². The average Bonchev–Trinajstić information content (AvgIpc) is 2.72. The molecule has 0 spiro atoms. The number of aryl methyl sites for hydroxylation is 1. The Kier molecular flexibility index (Phi) is 3.97. The van der Waals surface area contributed by atoms with Gasteiger partial charge in [0, 0.05) is 54.6 Å². The van der Waals surface area contributed by atoms with E-state index in [1.165, 1.54) is 6.07 Å². The minimum Gasteiger partial charge on any atom is -0.336 e. The zero-order chi connectivity index (χ0) is 15.0. The maximum atomic E-state index is 12.4. The van der Waals surface area contributed by atoms with Crippen LogP contribution in [-0.4, -0.2) is 33.2 Å². The third kappa shape index (κ3) is 2.95. The minimum absolute atomic E-state index is 0.0573. The Balaban J connectivity index is 1.66. The van der Waals surface area contributed by atoms with Crippen molar-refractivity contribution in [1.29, 1.82) is 0 Å². The number of pyridine rings is 1. The molecule has 2 saturated heterocycles. The number of amides is 1. The molecular formula is C15H17BrN2O3. The first kappa shape index (κ1) is 14.5. The van der Waals surface area contributed by atoms with Crippen LogP contribution in [0.1, 0.15) is 32.1 Å². The van der Waals surface area contributed by atoms with Gasteiger partial charge in [-0.05, 0) is 34.8 Å². The van der Waals surface area contributed by atoms with E-state index in [-0.39, 0.29) is 29.3 Å². The van der Waals surface area contributed by atoms with Gasteiger partial charge in [-0.2, -0.15) is 0 Å². The normalized spacial score (nSPS) is 24.4. The van der Waals surface area contributed by atoms with Crippen LogP contribution >= 0.6 is 15.9 Å². The molecule has 2 aliphatic heterocycles. The Morgan fingerprint density at radius 3 is 2.52 bits per heavy atom. The van der Waals surface area contributed by atoms with Crippen molar-refractivity contribution >= 4 is 27.6 Å². The summed E-state index contributed by atoms with van der Waals surface area (Å²) in [4.78, 5) is 37.6. The van der Waals surface area contributed by atoms with Gasteiger partial charge in [0.2, 0.25) is 5.91 Å². The van der Waals surface area contributed by atoms with E-state index >= 15 is 0 Å². The van der Waals surface area contributed by atoms with Crippen molar-refractivity contribution in [1.82, 2.24) is 9.47 Å². The van der Waals surface area contributed by atoms with Crippen molar-refractivity contribution in [3.05, 3.63) is 33.2 Å². The Labute approximate surface area is 131 Å². The van der Waals surface area contributed by atoms with Crippen molar-refractivity contribution in [2.24, 2.45) is 0 Å². The van der Waals surface area contributed by atoms with Crippen LogP contribution in [0.4, 0.5) is 0 Å². The molecular weight excluding hydrogens is 336 g/mol. The number of carbonyl (C=O) groups is 2. The van der Waals surface area contributed by atoms with Gasteiger partial charge in [-0.1, -0.05) is 0 Å². The highest BCUT2D eigenvalue weighted by Crippen LogP contribution is 2.34. The second-order valence-electron chi connectivity index (χ2n) is 5.76. The van der Waals surface area contributed by atoms with Gasteiger partial charge in [0.1, 0.15) is 5.78 Å². The number of ketones is 1. The van der Waals surface area contributed by atoms with E-state index in [1.807, 2.05) is 4.90 Å². The Bertz CT molecular complexity index is 624. The number of Topliss-reactive ketones (excluding diaryl/α,β-unsaturated/α-hetero) is 1. The summed E-state index contributed by atoms with van der Waals surface area (Å²) < 4.78 is 2.36. The van der Waals surface area contributed by atoms with E-state index in [9.17, 15) is 14.4 Å². The second-order valence-corrected chi connectivity index (χ2v) is 6.68. The van der Waals surface area contributed by atoms with Gasteiger partial charge in [0.15, 0.2) is 0 Å². The highest BCUT2D eigenvalue weighted by molar-refractivity contribution is 9.10. The van der Waals surface area contributed by atoms with E-state index in [0.717, 1.165) is 17.3 Å². The molecule has 2 bridgehead atoms. The molecule has 6 heteroatoms. The Morgan fingerprint density at radius 2 is 1.86 bits per heavy atom. The fourth-order valence-corrected chi connectivity index (χ4v) is 3.78. The predicted molar refractivity (Wildman–Crippen MR) is 80.9 cm³/mol. The van der Waals surface area contributed by atoms with E-state index in [1.54, 1.807) is 16.8 Å². The van der Waals surface area contributed by atoms with E-state index in [0.29, 0.717) is 25.8 Å². The lowest BCUT2D eigenvalue weighted by molar-refractivity contribution is -0.138. The molecule has 1 aromatic heterocycles. The maximum Gasteiger partial charge on any atom is 0.250 e. The number of piperidine rings is 1. The third-order valence-corrected chi connectivity index (χ3v) is 4.82. The number of carbonyl (C=O) groups excluding carboxylic acids is 2. The van der Waals surface area contributed by atoms with Crippen LogP contribution < -0.4 is 5.56 Å². The molecule has 21 heavy (non-hydrogen) atoms. The smallest absolute Gasteiger partial charge is 0.250 e. The van der Waals surface area contributed by atoms with Crippen LogP contribution in [0.2, 0.25) is 0 Å². The molecule has 0 aromatic carbocycles. The van der Waals surface area contributed by atoms with Gasteiger partial charge < -0.3 is 9.47 Å². The molecule has 5 nitrogen and oxygen atoms in total. The fourth-order valence-electron chi connectivity index (χ4n) is 3.40. The van der Waals surface area contributed by atoms with E-state index in [2.05, 4.69) is 15.9 Å². The van der Waals surface area contributed by atoms with Gasteiger partial charge in [0.25, 0.3) is 5.56 Å². The van der Waals surface area contributed by atoms with Crippen LogP contribution in [0.3, 0.4) is 0 Å². The summed E-state index contributed by atoms with van der Waals surface area (Å²) in [5.74, 6) is 0.330. The molecule has 0 saturated carbocycles. The minimum atomic E-state index is -0.109. The fraction of sp³-hybridized carbons (Fsp3) is 0.533. The zero-order valence-corrected chi connectivity index (χ0v) is 13.2. The topological polar surface area (TPSA) is 59.4 Å². The molecule has 112 valence electrons. The van der Waals surface area contributed by atoms with Crippen molar-refractivity contribution in [2.45, 2.75) is 50.7 Å². The number of aromatic nitrogens is 1. The Morgan fingerprint density at radius 1 is 1.19 bits per heavy atom. The SMILES string of the molecule is O=C1CC2CCC(C1)N2C(=O)CCn1cc(Br)ccc1=O. The lowest BCUT2D eigenvalue weighted by atomic mass is 10.0. The Hall–Kier alpha value is -1.43. The summed E-state index contributed by atoms with van der Waals surface area (Å²) in [6, 6.07) is 3.35. The van der Waals surface area contributed by atoms with Gasteiger partial charge >= 0.3 is 0 Å². The molecule has 2 fully saturated rings. The molecule has 3 heterocycles. The molecule has 0 aliphatic carbocycles. The van der Waals surface area contributed by atoms with E-state index in [4.69, 9.17) is 0 Å². The number of rotatable bonds is 3. The van der Waals surface area contributed by atoms with Gasteiger partial charge in [-0.15, -0.1) is 0 Å². The van der Waals surface area contributed by atoms with Gasteiger partial charge in [-0.3, -0.25) is 14.4 Å². The first-order valence-corrected chi connectivity index (χ1v) is 8.03. The third-order valence-electron chi connectivity index (χ3n) is 4.35. The second kappa shape index (κ2) is 5.75. The lowest BCUT2D eigenvalue weighted by Crippen LogP contribution is -2.47. The molecule has 0 radical (unpaired) electrons. The van der Waals surface area contributed by atoms with Crippen LogP contribution in [0, 0.1) is 0 Å². The summed E-state index contributed by atoms with van der Waals surface area (Å²) in [7, 11) is 0. The highest BCUT2D eigenvalue weighted by Gasteiger charge is 2.42. The van der Waals surface area contributed by atoms with Crippen molar-refractivity contribution in [3.8, 4) is 0 Å². The molecule has 3 rings (SSSR count). The molecule has 2 atom stereocenters. The van der Waals surface area contributed by atoms with E-state index < -0.39 is 0 Å².